The summed E-state index contributed by atoms with van der Waals surface area (Å²) in [5.74, 6) is 0.617. The molecule has 0 aromatic carbocycles. The van der Waals surface area contributed by atoms with Crippen LogP contribution in [0.15, 0.2) is 0 Å². The van der Waals surface area contributed by atoms with Gasteiger partial charge in [-0.1, -0.05) is 6.92 Å². The highest BCUT2D eigenvalue weighted by atomic mass is 16.7. The van der Waals surface area contributed by atoms with Gasteiger partial charge in [0.1, 0.15) is 6.10 Å². The number of ether oxygens (including phenoxy) is 3. The molecule has 0 aromatic rings. The van der Waals surface area contributed by atoms with E-state index in [1.807, 2.05) is 20.8 Å². The van der Waals surface area contributed by atoms with E-state index >= 15 is 0 Å². The van der Waals surface area contributed by atoms with Crippen molar-refractivity contribution in [1.29, 1.82) is 0 Å². The Morgan fingerprint density at radius 1 is 1.21 bits per heavy atom. The van der Waals surface area contributed by atoms with Gasteiger partial charge in [0.2, 0.25) is 0 Å². The molecule has 2 N–H and O–H groups in total. The molecular formula is C18H32O6. The molecule has 1 heterocycles. The van der Waals surface area contributed by atoms with E-state index in [9.17, 15) is 15.0 Å². The third kappa shape index (κ3) is 4.91. The van der Waals surface area contributed by atoms with Gasteiger partial charge in [0.05, 0.1) is 30.3 Å². The quantitative estimate of drug-likeness (QED) is 0.686. The number of esters is 1. The van der Waals surface area contributed by atoms with Crippen molar-refractivity contribution >= 4 is 5.97 Å². The van der Waals surface area contributed by atoms with Crippen LogP contribution >= 0.6 is 0 Å². The van der Waals surface area contributed by atoms with Crippen molar-refractivity contribution in [3.8, 4) is 0 Å². The zero-order valence-electron chi connectivity index (χ0n) is 15.3. The van der Waals surface area contributed by atoms with Gasteiger partial charge in [-0.05, 0) is 52.4 Å². The lowest BCUT2D eigenvalue weighted by Crippen LogP contribution is -2.48. The maximum absolute atomic E-state index is 12.0. The van der Waals surface area contributed by atoms with Crippen LogP contribution in [0.4, 0.5) is 0 Å². The molecule has 1 saturated heterocycles. The molecule has 6 heteroatoms. The number of carbonyl (C=O) groups excluding carboxylic acids is 1. The maximum atomic E-state index is 12.0. The second kappa shape index (κ2) is 8.13. The second-order valence-electron chi connectivity index (χ2n) is 7.64. The number of hydrogen-bond acceptors (Lipinski definition) is 6. The van der Waals surface area contributed by atoms with Crippen molar-refractivity contribution in [1.82, 2.24) is 0 Å². The molecule has 0 spiro atoms. The molecule has 2 aliphatic rings. The van der Waals surface area contributed by atoms with Gasteiger partial charge in [-0.15, -0.1) is 0 Å². The summed E-state index contributed by atoms with van der Waals surface area (Å²) in [5.41, 5.74) is 0. The first kappa shape index (κ1) is 19.6. The van der Waals surface area contributed by atoms with Crippen molar-refractivity contribution < 1.29 is 29.2 Å². The highest BCUT2D eigenvalue weighted by Gasteiger charge is 2.52. The fourth-order valence-electron chi connectivity index (χ4n) is 3.48. The molecule has 5 unspecified atom stereocenters. The van der Waals surface area contributed by atoms with E-state index in [2.05, 4.69) is 6.92 Å². The first-order valence-corrected chi connectivity index (χ1v) is 9.08. The van der Waals surface area contributed by atoms with E-state index in [-0.39, 0.29) is 36.6 Å². The van der Waals surface area contributed by atoms with Crippen molar-refractivity contribution in [3.63, 3.8) is 0 Å². The Bertz CT molecular complexity index is 426. The third-order valence-corrected chi connectivity index (χ3v) is 5.15. The van der Waals surface area contributed by atoms with Crippen molar-refractivity contribution in [2.24, 2.45) is 17.8 Å². The Kier molecular flexibility index (Phi) is 6.65. The number of rotatable bonds is 7. The number of carbonyl (C=O) groups is 1. The average molecular weight is 344 g/mol. The molecule has 0 aromatic heterocycles. The third-order valence-electron chi connectivity index (χ3n) is 5.15. The van der Waals surface area contributed by atoms with Gasteiger partial charge in [-0.25, -0.2) is 0 Å². The van der Waals surface area contributed by atoms with Gasteiger partial charge in [0.15, 0.2) is 6.29 Å². The predicted molar refractivity (Wildman–Crippen MR) is 88.1 cm³/mol. The smallest absolute Gasteiger partial charge is 0.309 e. The molecule has 1 aliphatic carbocycles. The maximum Gasteiger partial charge on any atom is 0.309 e. The first-order chi connectivity index (χ1) is 11.2. The van der Waals surface area contributed by atoms with E-state index < -0.39 is 18.5 Å². The van der Waals surface area contributed by atoms with Crippen molar-refractivity contribution in [2.75, 3.05) is 0 Å². The summed E-state index contributed by atoms with van der Waals surface area (Å²) in [6.45, 7) is 9.53. The van der Waals surface area contributed by atoms with Crippen LogP contribution < -0.4 is 0 Å². The minimum absolute atomic E-state index is 0.00582. The van der Waals surface area contributed by atoms with Crippen LogP contribution in [0.5, 0.6) is 0 Å². The van der Waals surface area contributed by atoms with Crippen molar-refractivity contribution in [3.05, 3.63) is 0 Å². The minimum Gasteiger partial charge on any atom is -0.463 e. The second-order valence-corrected chi connectivity index (χ2v) is 7.64. The first-order valence-electron chi connectivity index (χ1n) is 9.08. The van der Waals surface area contributed by atoms with Gasteiger partial charge in [-0.3, -0.25) is 4.79 Å². The summed E-state index contributed by atoms with van der Waals surface area (Å²) in [6.07, 6.45) is -0.715. The molecule has 2 fully saturated rings. The molecule has 0 amide bonds. The molecule has 6 nitrogen and oxygen atoms in total. The van der Waals surface area contributed by atoms with Crippen LogP contribution in [0.1, 0.15) is 53.9 Å². The standard InChI is InChI=1S/C18H32O6/c1-9(2)22-17(21)16-11(4)13(16)7-6-10(3)23-18-15(20)8-14(19)12(5)24-18/h9-16,18-20H,6-8H2,1-5H3/t10-,11?,12+,13?,14?,15-,16?,18?/m1/s1. The van der Waals surface area contributed by atoms with Crippen LogP contribution in [0.25, 0.3) is 0 Å². The molecule has 24 heavy (non-hydrogen) atoms. The number of aliphatic hydroxyl groups excluding tert-OH is 2. The highest BCUT2D eigenvalue weighted by molar-refractivity contribution is 5.76. The van der Waals surface area contributed by atoms with E-state index in [4.69, 9.17) is 14.2 Å². The molecule has 140 valence electrons. The van der Waals surface area contributed by atoms with Crippen LogP contribution in [0.3, 0.4) is 0 Å². The Hall–Kier alpha value is -0.690. The predicted octanol–water partition coefficient (Wildman–Crippen LogP) is 1.86. The van der Waals surface area contributed by atoms with E-state index in [1.165, 1.54) is 0 Å². The van der Waals surface area contributed by atoms with E-state index in [0.717, 1.165) is 12.8 Å². The normalized spacial score (nSPS) is 40.4. The molecule has 0 bridgehead atoms. The lowest BCUT2D eigenvalue weighted by atomic mass is 10.0. The average Bonchev–Trinajstić information content (AvgIpc) is 3.12. The molecular weight excluding hydrogens is 312 g/mol. The molecule has 2 rings (SSSR count). The largest absolute Gasteiger partial charge is 0.463 e. The lowest BCUT2D eigenvalue weighted by molar-refractivity contribution is -0.273. The van der Waals surface area contributed by atoms with Crippen molar-refractivity contribution in [2.45, 2.75) is 90.7 Å². The monoisotopic (exact) mass is 344 g/mol. The number of aliphatic hydroxyl groups is 2. The fraction of sp³-hybridized carbons (Fsp3) is 0.944. The Morgan fingerprint density at radius 3 is 2.50 bits per heavy atom. The fourth-order valence-corrected chi connectivity index (χ4v) is 3.48. The zero-order chi connectivity index (χ0) is 18.0. The zero-order valence-corrected chi connectivity index (χ0v) is 15.3. The Labute approximate surface area is 144 Å². The van der Waals surface area contributed by atoms with Crippen LogP contribution in [-0.4, -0.2) is 53.0 Å². The van der Waals surface area contributed by atoms with Crippen LogP contribution in [0, 0.1) is 17.8 Å². The molecule has 1 saturated carbocycles. The Morgan fingerprint density at radius 2 is 1.88 bits per heavy atom. The number of hydrogen-bond donors (Lipinski definition) is 2. The molecule has 8 atom stereocenters. The van der Waals surface area contributed by atoms with Gasteiger partial charge < -0.3 is 24.4 Å². The Balaban J connectivity index is 1.72. The summed E-state index contributed by atoms with van der Waals surface area (Å²) in [5, 5.41) is 19.6. The van der Waals surface area contributed by atoms with Gasteiger partial charge in [-0.2, -0.15) is 0 Å². The van der Waals surface area contributed by atoms with Gasteiger partial charge in [0.25, 0.3) is 0 Å². The summed E-state index contributed by atoms with van der Waals surface area (Å²) >= 11 is 0. The van der Waals surface area contributed by atoms with Gasteiger partial charge >= 0.3 is 5.97 Å². The lowest BCUT2D eigenvalue weighted by Gasteiger charge is -2.36. The summed E-state index contributed by atoms with van der Waals surface area (Å²) in [4.78, 5) is 12.0. The van der Waals surface area contributed by atoms with Crippen LogP contribution in [-0.2, 0) is 19.0 Å². The molecule has 0 radical (unpaired) electrons. The van der Waals surface area contributed by atoms with Gasteiger partial charge in [0, 0.05) is 6.42 Å². The van der Waals surface area contributed by atoms with E-state index in [1.54, 1.807) is 6.92 Å². The summed E-state index contributed by atoms with van der Waals surface area (Å²) in [7, 11) is 0. The van der Waals surface area contributed by atoms with E-state index in [0.29, 0.717) is 11.8 Å². The highest BCUT2D eigenvalue weighted by Crippen LogP contribution is 2.50. The van der Waals surface area contributed by atoms with Crippen LogP contribution in [0.2, 0.25) is 0 Å². The summed E-state index contributed by atoms with van der Waals surface area (Å²) < 4.78 is 16.6. The summed E-state index contributed by atoms with van der Waals surface area (Å²) in [6, 6.07) is 0. The minimum atomic E-state index is -0.813. The SMILES string of the molecule is CC(C)OC(=O)C1C(C)C1CC[C@@H](C)OC1O[C@@H](C)C(O)C[C@H]1O. The topological polar surface area (TPSA) is 85.2 Å². The molecule has 1 aliphatic heterocycles.